The Bertz CT molecular complexity index is 289. The lowest BCUT2D eigenvalue weighted by molar-refractivity contribution is -0.142. The zero-order valence-electron chi connectivity index (χ0n) is 7.65. The van der Waals surface area contributed by atoms with Crippen molar-refractivity contribution in [2.45, 2.75) is 12.5 Å². The van der Waals surface area contributed by atoms with Gasteiger partial charge >= 0.3 is 5.97 Å². The molecule has 76 valence electrons. The first kappa shape index (κ1) is 11.5. The molecule has 0 aliphatic carbocycles. The van der Waals surface area contributed by atoms with E-state index in [1.807, 2.05) is 52.9 Å². The number of esters is 1. The molecule has 0 amide bonds. The molecule has 3 nitrogen and oxygen atoms in total. The zero-order chi connectivity index (χ0) is 10.4. The van der Waals surface area contributed by atoms with Gasteiger partial charge < -0.3 is 10.5 Å². The summed E-state index contributed by atoms with van der Waals surface area (Å²) in [6, 6.07) is 9.09. The maximum Gasteiger partial charge on any atom is 0.324 e. The predicted molar refractivity (Wildman–Crippen MR) is 63.1 cm³/mol. The molecule has 1 rings (SSSR count). The van der Waals surface area contributed by atoms with Crippen molar-refractivity contribution >= 4 is 28.6 Å². The average Bonchev–Trinajstić information content (AvgIpc) is 2.19. The van der Waals surface area contributed by atoms with Crippen LogP contribution in [0.1, 0.15) is 5.56 Å². The summed E-state index contributed by atoms with van der Waals surface area (Å²) in [7, 11) is 0. The highest BCUT2D eigenvalue weighted by Crippen LogP contribution is 2.03. The van der Waals surface area contributed by atoms with E-state index in [0.29, 0.717) is 11.0 Å². The molecule has 0 unspecified atom stereocenters. The zero-order valence-corrected chi connectivity index (χ0v) is 9.81. The Morgan fingerprint density at radius 2 is 2.07 bits per heavy atom. The van der Waals surface area contributed by atoms with Crippen LogP contribution in [0.25, 0.3) is 0 Å². The molecule has 0 saturated carbocycles. The highest BCUT2D eigenvalue weighted by atomic mass is 127. The third-order valence-electron chi connectivity index (χ3n) is 1.80. The van der Waals surface area contributed by atoms with Crippen molar-refractivity contribution in [2.24, 2.45) is 5.73 Å². The molecule has 0 spiro atoms. The number of alkyl halides is 1. The van der Waals surface area contributed by atoms with Crippen LogP contribution in [0, 0.1) is 0 Å². The van der Waals surface area contributed by atoms with Crippen molar-refractivity contribution in [2.75, 3.05) is 4.61 Å². The van der Waals surface area contributed by atoms with Crippen molar-refractivity contribution in [3.05, 3.63) is 35.9 Å². The molecule has 0 aliphatic rings. The molecule has 0 aliphatic heterocycles. The molecule has 1 aromatic carbocycles. The van der Waals surface area contributed by atoms with Gasteiger partial charge in [0, 0.05) is 0 Å². The third kappa shape index (κ3) is 3.63. The Balaban J connectivity index is 2.49. The minimum atomic E-state index is -0.563. The van der Waals surface area contributed by atoms with Gasteiger partial charge in [0.15, 0.2) is 0 Å². The highest BCUT2D eigenvalue weighted by Gasteiger charge is 2.14. The molecular formula is C10H12INO2. The van der Waals surface area contributed by atoms with Crippen LogP contribution >= 0.6 is 22.6 Å². The molecule has 1 atom stereocenters. The normalized spacial score (nSPS) is 12.1. The van der Waals surface area contributed by atoms with Crippen LogP contribution in [-0.2, 0) is 16.0 Å². The van der Waals surface area contributed by atoms with Gasteiger partial charge in [-0.3, -0.25) is 4.79 Å². The predicted octanol–water partition coefficient (Wildman–Crippen LogP) is 1.49. The lowest BCUT2D eigenvalue weighted by Gasteiger charge is -2.09. The van der Waals surface area contributed by atoms with Gasteiger partial charge in [-0.05, 0) is 34.6 Å². The molecule has 4 heteroatoms. The van der Waals surface area contributed by atoms with Crippen LogP contribution in [0.4, 0.5) is 0 Å². The second kappa shape index (κ2) is 5.98. The van der Waals surface area contributed by atoms with Crippen molar-refractivity contribution in [3.8, 4) is 0 Å². The lowest BCUT2D eigenvalue weighted by atomic mass is 10.1. The topological polar surface area (TPSA) is 52.3 Å². The van der Waals surface area contributed by atoms with Crippen LogP contribution in [0.3, 0.4) is 0 Å². The molecule has 0 radical (unpaired) electrons. The first-order valence-corrected chi connectivity index (χ1v) is 5.78. The average molecular weight is 305 g/mol. The fraction of sp³-hybridized carbons (Fsp3) is 0.300. The Kier molecular flexibility index (Phi) is 4.89. The third-order valence-corrected chi connectivity index (χ3v) is 2.11. The minimum absolute atomic E-state index is 0.344. The maximum atomic E-state index is 11.2. The number of hydrogen-bond acceptors (Lipinski definition) is 3. The molecular weight excluding hydrogens is 293 g/mol. The van der Waals surface area contributed by atoms with Crippen molar-refractivity contribution in [1.82, 2.24) is 0 Å². The monoisotopic (exact) mass is 305 g/mol. The van der Waals surface area contributed by atoms with Gasteiger partial charge in [-0.2, -0.15) is 0 Å². The fourth-order valence-corrected chi connectivity index (χ4v) is 1.42. The smallest absolute Gasteiger partial charge is 0.324 e. The summed E-state index contributed by atoms with van der Waals surface area (Å²) in [5.74, 6) is -0.344. The number of carbonyl (C=O) groups is 1. The van der Waals surface area contributed by atoms with E-state index >= 15 is 0 Å². The van der Waals surface area contributed by atoms with Crippen molar-refractivity contribution < 1.29 is 9.53 Å². The fourth-order valence-electron chi connectivity index (χ4n) is 1.11. The Hall–Kier alpha value is -0.620. The van der Waals surface area contributed by atoms with Crippen LogP contribution in [0.2, 0.25) is 0 Å². The first-order valence-electron chi connectivity index (χ1n) is 4.26. The van der Waals surface area contributed by atoms with Gasteiger partial charge in [0.25, 0.3) is 0 Å². The summed E-state index contributed by atoms with van der Waals surface area (Å²) in [5, 5.41) is 0. The van der Waals surface area contributed by atoms with E-state index in [0.717, 1.165) is 5.56 Å². The molecule has 0 saturated heterocycles. The van der Waals surface area contributed by atoms with Gasteiger partial charge in [0.1, 0.15) is 10.7 Å². The van der Waals surface area contributed by atoms with Crippen LogP contribution in [0.15, 0.2) is 30.3 Å². The Morgan fingerprint density at radius 3 is 2.64 bits per heavy atom. The van der Waals surface area contributed by atoms with Gasteiger partial charge in [-0.25, -0.2) is 0 Å². The van der Waals surface area contributed by atoms with E-state index in [1.165, 1.54) is 0 Å². The quantitative estimate of drug-likeness (QED) is 0.521. The first-order chi connectivity index (χ1) is 6.74. The summed E-state index contributed by atoms with van der Waals surface area (Å²) in [4.78, 5) is 11.2. The highest BCUT2D eigenvalue weighted by molar-refractivity contribution is 14.1. The van der Waals surface area contributed by atoms with Crippen molar-refractivity contribution in [3.63, 3.8) is 0 Å². The molecule has 1 aromatic rings. The summed E-state index contributed by atoms with van der Waals surface area (Å²) < 4.78 is 5.14. The van der Waals surface area contributed by atoms with E-state index in [1.54, 1.807) is 0 Å². The summed E-state index contributed by atoms with van der Waals surface area (Å²) in [5.41, 5.74) is 6.70. The largest absolute Gasteiger partial charge is 0.454 e. The molecule has 2 N–H and O–H groups in total. The molecule has 0 bridgehead atoms. The molecule has 14 heavy (non-hydrogen) atoms. The molecule has 0 fully saturated rings. The SMILES string of the molecule is N[C@@H](Cc1ccccc1)C(=O)OCI. The Morgan fingerprint density at radius 1 is 1.43 bits per heavy atom. The summed E-state index contributed by atoms with van der Waals surface area (Å²) >= 11 is 1.97. The number of ether oxygens (including phenoxy) is 1. The van der Waals surface area contributed by atoms with E-state index < -0.39 is 6.04 Å². The Labute approximate surface area is 96.8 Å². The second-order valence-corrected chi connectivity index (χ2v) is 3.49. The number of benzene rings is 1. The number of carbonyl (C=O) groups excluding carboxylic acids is 1. The number of hydrogen-bond donors (Lipinski definition) is 1. The second-order valence-electron chi connectivity index (χ2n) is 2.87. The van der Waals surface area contributed by atoms with Gasteiger partial charge in [-0.1, -0.05) is 30.3 Å². The minimum Gasteiger partial charge on any atom is -0.454 e. The molecule has 0 aromatic heterocycles. The number of nitrogens with two attached hydrogens (primary N) is 1. The maximum absolute atomic E-state index is 11.2. The summed E-state index contributed by atoms with van der Waals surface area (Å²) in [6.07, 6.45) is 0.524. The summed E-state index contributed by atoms with van der Waals surface area (Å²) in [6.45, 7) is 0. The number of halogens is 1. The van der Waals surface area contributed by atoms with Crippen LogP contribution in [-0.4, -0.2) is 16.6 Å². The lowest BCUT2D eigenvalue weighted by Crippen LogP contribution is -2.34. The van der Waals surface area contributed by atoms with Crippen molar-refractivity contribution in [1.29, 1.82) is 0 Å². The van der Waals surface area contributed by atoms with Crippen LogP contribution < -0.4 is 5.73 Å². The van der Waals surface area contributed by atoms with Gasteiger partial charge in [0.2, 0.25) is 0 Å². The van der Waals surface area contributed by atoms with Gasteiger partial charge in [-0.15, -0.1) is 0 Å². The van der Waals surface area contributed by atoms with Crippen LogP contribution in [0.5, 0.6) is 0 Å². The number of rotatable bonds is 4. The van der Waals surface area contributed by atoms with E-state index in [-0.39, 0.29) is 5.97 Å². The van der Waals surface area contributed by atoms with Gasteiger partial charge in [0.05, 0.1) is 0 Å². The van der Waals surface area contributed by atoms with E-state index in [9.17, 15) is 4.79 Å². The standard InChI is InChI=1S/C10H12INO2/c11-7-14-10(13)9(12)6-8-4-2-1-3-5-8/h1-5,9H,6-7,12H2/t9-/m0/s1. The van der Waals surface area contributed by atoms with E-state index in [2.05, 4.69) is 0 Å². The van der Waals surface area contributed by atoms with E-state index in [4.69, 9.17) is 10.5 Å². The molecule has 0 heterocycles.